The fourth-order valence-corrected chi connectivity index (χ4v) is 11.0. The van der Waals surface area contributed by atoms with Crippen LogP contribution in [0.2, 0.25) is 10.0 Å². The molecule has 1 N–H and O–H groups in total. The summed E-state index contributed by atoms with van der Waals surface area (Å²) in [6, 6.07) is 9.79. The number of ketones is 2. The van der Waals surface area contributed by atoms with Gasteiger partial charge in [0.15, 0.2) is 5.78 Å². The molecule has 5 nitrogen and oxygen atoms in total. The largest absolute Gasteiger partial charge is 0.325 e. The van der Waals surface area contributed by atoms with Crippen molar-refractivity contribution in [3.63, 3.8) is 0 Å². The van der Waals surface area contributed by atoms with Gasteiger partial charge in [-0.05, 0) is 99.6 Å². The maximum atomic E-state index is 16.4. The number of rotatable bonds is 6. The summed E-state index contributed by atoms with van der Waals surface area (Å²) >= 11 is 12.9. The first kappa shape index (κ1) is 30.4. The monoisotopic (exact) mass is 638 g/mol. The van der Waals surface area contributed by atoms with Gasteiger partial charge in [-0.3, -0.25) is 19.3 Å². The molecule has 1 saturated heterocycles. The van der Waals surface area contributed by atoms with Crippen LogP contribution in [0.3, 0.4) is 0 Å². The number of nitrogens with one attached hydrogen (secondary N) is 1. The summed E-state index contributed by atoms with van der Waals surface area (Å²) in [5.74, 6) is -1.17. The predicted octanol–water partition coefficient (Wildman–Crippen LogP) is 8.40. The quantitative estimate of drug-likeness (QED) is 0.345. The van der Waals surface area contributed by atoms with Gasteiger partial charge in [-0.2, -0.15) is 0 Å². The van der Waals surface area contributed by atoms with Crippen molar-refractivity contribution in [1.29, 1.82) is 0 Å². The van der Waals surface area contributed by atoms with Crippen LogP contribution in [-0.4, -0.2) is 40.5 Å². The van der Waals surface area contributed by atoms with E-state index in [1.807, 2.05) is 6.07 Å². The molecule has 0 aromatic heterocycles. The maximum absolute atomic E-state index is 16.4. The molecule has 234 valence electrons. The standard InChI is InChI=1S/C36H41Cl2FN2O3/c1-3-41-31(28(43)21-33-14-17-34(18-15-33,19-16-33)22(2)42)29(24-8-7-9-26(38)30(24)39)36(35(41)12-5-4-6-13-35)25-11-10-23(37)20-27(25)40-32(36)44/h7-11,20,29,31H,3-6,12-19,21H2,1-2H3,(H,40,44)/t29-,31-,33?,34?,36+/m0/s1. The third kappa shape index (κ3) is 4.02. The predicted molar refractivity (Wildman–Crippen MR) is 171 cm³/mol. The van der Waals surface area contributed by atoms with Crippen LogP contribution in [0.5, 0.6) is 0 Å². The van der Waals surface area contributed by atoms with Gasteiger partial charge in [-0.15, -0.1) is 0 Å². The lowest BCUT2D eigenvalue weighted by Gasteiger charge is -2.53. The second-order valence-electron chi connectivity index (χ2n) is 14.4. The van der Waals surface area contributed by atoms with Crippen molar-refractivity contribution in [2.75, 3.05) is 11.9 Å². The van der Waals surface area contributed by atoms with E-state index in [4.69, 9.17) is 23.2 Å². The van der Waals surface area contributed by atoms with E-state index in [0.717, 1.165) is 76.2 Å². The number of fused-ring (bicyclic) bond motifs is 6. The van der Waals surface area contributed by atoms with E-state index in [1.165, 1.54) is 6.07 Å². The second kappa shape index (κ2) is 10.6. The van der Waals surface area contributed by atoms with Crippen LogP contribution in [0, 0.1) is 16.6 Å². The maximum Gasteiger partial charge on any atom is 0.237 e. The highest BCUT2D eigenvalue weighted by molar-refractivity contribution is 6.31. The average Bonchev–Trinajstić information content (AvgIpc) is 3.44. The number of hydrogen-bond acceptors (Lipinski definition) is 4. The Hall–Kier alpha value is -2.28. The number of nitrogens with zero attached hydrogens (tertiary/aromatic N) is 1. The Bertz CT molecular complexity index is 1530. The molecule has 44 heavy (non-hydrogen) atoms. The van der Waals surface area contributed by atoms with E-state index in [-0.39, 0.29) is 33.3 Å². The third-order valence-electron chi connectivity index (χ3n) is 12.8. The van der Waals surface area contributed by atoms with Crippen LogP contribution in [0.15, 0.2) is 36.4 Å². The van der Waals surface area contributed by atoms with Crippen molar-refractivity contribution >= 4 is 46.4 Å². The van der Waals surface area contributed by atoms with Gasteiger partial charge < -0.3 is 5.32 Å². The van der Waals surface area contributed by atoms with Crippen molar-refractivity contribution in [3.8, 4) is 0 Å². The summed E-state index contributed by atoms with van der Waals surface area (Å²) in [5.41, 5.74) is -0.503. The third-order valence-corrected chi connectivity index (χ3v) is 13.3. The van der Waals surface area contributed by atoms with E-state index < -0.39 is 28.7 Å². The average molecular weight is 640 g/mol. The number of Topliss-reactive ketones (excluding diaryl/α,β-unsaturated/α-hetero) is 2. The van der Waals surface area contributed by atoms with Gasteiger partial charge in [-0.1, -0.05) is 67.6 Å². The van der Waals surface area contributed by atoms with E-state index >= 15 is 9.18 Å². The van der Waals surface area contributed by atoms with Crippen molar-refractivity contribution in [1.82, 2.24) is 4.90 Å². The van der Waals surface area contributed by atoms with Gasteiger partial charge in [0, 0.05) is 34.0 Å². The summed E-state index contributed by atoms with van der Waals surface area (Å²) in [7, 11) is 0. The van der Waals surface area contributed by atoms with Crippen molar-refractivity contribution in [2.24, 2.45) is 10.8 Å². The summed E-state index contributed by atoms with van der Waals surface area (Å²) in [6.45, 7) is 4.34. The van der Waals surface area contributed by atoms with E-state index in [9.17, 15) is 9.59 Å². The molecule has 2 bridgehead atoms. The molecule has 2 aliphatic heterocycles. The molecule has 0 unspecified atom stereocenters. The molecular formula is C36H41Cl2FN2O3. The lowest BCUT2D eigenvalue weighted by Crippen LogP contribution is -2.61. The van der Waals surface area contributed by atoms with Crippen LogP contribution in [0.1, 0.15) is 108 Å². The minimum absolute atomic E-state index is 0.00930. The first-order valence-electron chi connectivity index (χ1n) is 16.4. The highest BCUT2D eigenvalue weighted by atomic mass is 35.5. The number of likely N-dealkylation sites (N-methyl/N-ethyl adjacent to an activating group) is 1. The number of halogens is 3. The molecule has 6 aliphatic rings. The molecule has 0 radical (unpaired) electrons. The zero-order valence-electron chi connectivity index (χ0n) is 25.6. The van der Waals surface area contributed by atoms with Crippen LogP contribution < -0.4 is 5.32 Å². The topological polar surface area (TPSA) is 66.5 Å². The molecule has 2 aromatic rings. The van der Waals surface area contributed by atoms with E-state index in [2.05, 4.69) is 17.1 Å². The Morgan fingerprint density at radius 1 is 0.977 bits per heavy atom. The van der Waals surface area contributed by atoms with Crippen LogP contribution in [0.25, 0.3) is 0 Å². The Balaban J connectivity index is 1.42. The Labute approximate surface area is 269 Å². The van der Waals surface area contributed by atoms with Crippen molar-refractivity contribution in [2.45, 2.75) is 114 Å². The normalized spacial score (nSPS) is 34.0. The second-order valence-corrected chi connectivity index (χ2v) is 15.2. The molecule has 8 heteroatoms. The number of amides is 1. The number of likely N-dealkylation sites (tertiary alicyclic amines) is 1. The summed E-state index contributed by atoms with van der Waals surface area (Å²) in [5, 5.41) is 3.66. The fourth-order valence-electron chi connectivity index (χ4n) is 10.6. The summed E-state index contributed by atoms with van der Waals surface area (Å²) in [6.07, 6.45) is 9.81. The highest BCUT2D eigenvalue weighted by Crippen LogP contribution is 2.67. The van der Waals surface area contributed by atoms with E-state index in [1.54, 1.807) is 31.2 Å². The van der Waals surface area contributed by atoms with Gasteiger partial charge >= 0.3 is 0 Å². The van der Waals surface area contributed by atoms with Crippen molar-refractivity contribution in [3.05, 3.63) is 63.4 Å². The zero-order valence-corrected chi connectivity index (χ0v) is 27.1. The smallest absolute Gasteiger partial charge is 0.237 e. The molecule has 4 saturated carbocycles. The molecular weight excluding hydrogens is 598 g/mol. The highest BCUT2D eigenvalue weighted by Gasteiger charge is 2.75. The fraction of sp³-hybridized carbons (Fsp3) is 0.583. The minimum Gasteiger partial charge on any atom is -0.325 e. The number of anilines is 1. The summed E-state index contributed by atoms with van der Waals surface area (Å²) < 4.78 is 16.4. The molecule has 1 amide bonds. The molecule has 5 fully saturated rings. The molecule has 3 atom stereocenters. The van der Waals surface area contributed by atoms with Gasteiger partial charge in [0.05, 0.1) is 11.1 Å². The van der Waals surface area contributed by atoms with E-state index in [0.29, 0.717) is 29.2 Å². The van der Waals surface area contributed by atoms with Gasteiger partial charge in [0.1, 0.15) is 17.0 Å². The zero-order chi connectivity index (χ0) is 31.1. The first-order valence-corrected chi connectivity index (χ1v) is 17.2. The van der Waals surface area contributed by atoms with Crippen LogP contribution in [0.4, 0.5) is 10.1 Å². The number of carbonyl (C=O) groups is 3. The minimum atomic E-state index is -1.20. The Morgan fingerprint density at radius 3 is 2.30 bits per heavy atom. The molecule has 2 heterocycles. The van der Waals surface area contributed by atoms with Crippen molar-refractivity contribution < 1.29 is 18.8 Å². The van der Waals surface area contributed by atoms with Crippen LogP contribution >= 0.6 is 23.2 Å². The summed E-state index contributed by atoms with van der Waals surface area (Å²) in [4.78, 5) is 44.7. The number of hydrogen-bond donors (Lipinski definition) is 1. The molecule has 2 aromatic carbocycles. The SMILES string of the molecule is CCN1[C@@H](C(=O)CC23CCC(C(C)=O)(CC2)CC3)[C@H](c2cccc(Cl)c2F)[C@]2(C(=O)Nc3cc(Cl)ccc32)C12CCCCC2. The number of benzene rings is 2. The first-order chi connectivity index (χ1) is 21.0. The van der Waals surface area contributed by atoms with Crippen LogP contribution in [-0.2, 0) is 19.8 Å². The lowest BCUT2D eigenvalue weighted by atomic mass is 9.51. The molecule has 2 spiro atoms. The molecule has 4 aliphatic carbocycles. The number of carbonyl (C=O) groups excluding carboxylic acids is 3. The lowest BCUT2D eigenvalue weighted by molar-refractivity contribution is -0.139. The Morgan fingerprint density at radius 2 is 1.66 bits per heavy atom. The Kier molecular flexibility index (Phi) is 7.34. The van der Waals surface area contributed by atoms with Gasteiger partial charge in [0.25, 0.3) is 0 Å². The van der Waals surface area contributed by atoms with Gasteiger partial charge in [0.2, 0.25) is 5.91 Å². The van der Waals surface area contributed by atoms with Gasteiger partial charge in [-0.25, -0.2) is 4.39 Å². The molecule has 8 rings (SSSR count).